The zero-order chi connectivity index (χ0) is 14.8. The number of hydrogen-bond acceptors (Lipinski definition) is 2. The van der Waals surface area contributed by atoms with Gasteiger partial charge in [0.2, 0.25) is 0 Å². The third kappa shape index (κ3) is 1.75. The summed E-state index contributed by atoms with van der Waals surface area (Å²) in [7, 11) is 0. The molecule has 4 aliphatic rings. The van der Waals surface area contributed by atoms with E-state index in [2.05, 4.69) is 32.1 Å². The van der Waals surface area contributed by atoms with Gasteiger partial charge in [0.1, 0.15) is 0 Å². The van der Waals surface area contributed by atoms with Crippen LogP contribution in [0.1, 0.15) is 52.4 Å². The molecule has 2 fully saturated rings. The van der Waals surface area contributed by atoms with Crippen LogP contribution < -0.4 is 5.73 Å². The van der Waals surface area contributed by atoms with Crippen molar-refractivity contribution in [2.75, 3.05) is 0 Å². The van der Waals surface area contributed by atoms with Gasteiger partial charge in [0, 0.05) is 11.1 Å². The zero-order valence-corrected chi connectivity index (χ0v) is 13.4. The van der Waals surface area contributed by atoms with Crippen molar-refractivity contribution in [3.05, 3.63) is 23.9 Å². The molecule has 116 valence electrons. The molecule has 0 aromatic carbocycles. The smallest absolute Gasteiger partial charge is 0.0780 e. The van der Waals surface area contributed by atoms with Gasteiger partial charge in [-0.15, -0.1) is 0 Å². The summed E-state index contributed by atoms with van der Waals surface area (Å²) in [4.78, 5) is 0. The molecule has 0 radical (unpaired) electrons. The summed E-state index contributed by atoms with van der Waals surface area (Å²) in [6, 6.07) is 0. The second kappa shape index (κ2) is 4.38. The Morgan fingerprint density at radius 2 is 1.90 bits per heavy atom. The fourth-order valence-electron chi connectivity index (χ4n) is 6.32. The average Bonchev–Trinajstić information content (AvgIpc) is 2.76. The molecule has 0 aromatic heterocycles. The molecule has 0 saturated heterocycles. The number of allylic oxidation sites excluding steroid dienone is 3. The lowest BCUT2D eigenvalue weighted by Gasteiger charge is -2.59. The summed E-state index contributed by atoms with van der Waals surface area (Å²) in [6.07, 6.45) is 14.0. The molecule has 0 heterocycles. The molecule has 0 amide bonds. The van der Waals surface area contributed by atoms with Crippen LogP contribution in [0.25, 0.3) is 0 Å². The van der Waals surface area contributed by atoms with Gasteiger partial charge < -0.3 is 10.8 Å². The van der Waals surface area contributed by atoms with E-state index in [1.165, 1.54) is 32.1 Å². The quantitative estimate of drug-likeness (QED) is 0.668. The third-order valence-corrected chi connectivity index (χ3v) is 7.78. The van der Waals surface area contributed by atoms with Crippen LogP contribution in [0.15, 0.2) is 23.9 Å². The average molecular weight is 287 g/mol. The molecular formula is C19H29NO. The van der Waals surface area contributed by atoms with Crippen molar-refractivity contribution in [1.29, 1.82) is 0 Å². The van der Waals surface area contributed by atoms with Crippen LogP contribution in [0.4, 0.5) is 0 Å². The summed E-state index contributed by atoms with van der Waals surface area (Å²) < 4.78 is 0. The molecule has 0 bridgehead atoms. The highest BCUT2D eigenvalue weighted by Gasteiger charge is 2.58. The maximum atomic E-state index is 10.4. The van der Waals surface area contributed by atoms with Crippen LogP contribution in [-0.4, -0.2) is 11.2 Å². The molecule has 3 N–H and O–H groups in total. The molecule has 0 aliphatic heterocycles. The van der Waals surface area contributed by atoms with Gasteiger partial charge in [0.05, 0.1) is 6.10 Å². The van der Waals surface area contributed by atoms with Gasteiger partial charge in [0.15, 0.2) is 0 Å². The lowest BCUT2D eigenvalue weighted by Crippen LogP contribution is -2.53. The van der Waals surface area contributed by atoms with Crippen molar-refractivity contribution >= 4 is 0 Å². The highest BCUT2D eigenvalue weighted by Crippen LogP contribution is 2.64. The number of aliphatic hydroxyl groups is 1. The minimum atomic E-state index is -0.226. The second-order valence-corrected chi connectivity index (χ2v) is 8.60. The summed E-state index contributed by atoms with van der Waals surface area (Å²) in [5, 5.41) is 10.4. The molecule has 4 rings (SSSR count). The summed E-state index contributed by atoms with van der Waals surface area (Å²) >= 11 is 0. The molecule has 2 nitrogen and oxygen atoms in total. The van der Waals surface area contributed by atoms with E-state index in [-0.39, 0.29) is 11.5 Å². The highest BCUT2D eigenvalue weighted by atomic mass is 16.3. The van der Waals surface area contributed by atoms with E-state index in [9.17, 15) is 5.11 Å². The number of fused-ring (bicyclic) bond motifs is 5. The zero-order valence-electron chi connectivity index (χ0n) is 13.4. The Bertz CT molecular complexity index is 510. The van der Waals surface area contributed by atoms with E-state index in [0.717, 1.165) is 24.0 Å². The maximum Gasteiger partial charge on any atom is 0.0780 e. The Labute approximate surface area is 128 Å². The van der Waals surface area contributed by atoms with Crippen LogP contribution in [0.2, 0.25) is 0 Å². The maximum absolute atomic E-state index is 10.4. The minimum absolute atomic E-state index is 0.105. The fourth-order valence-corrected chi connectivity index (χ4v) is 6.32. The summed E-state index contributed by atoms with van der Waals surface area (Å²) in [5.74, 6) is 2.86. The Kier molecular flexibility index (Phi) is 2.89. The highest BCUT2D eigenvalue weighted by molar-refractivity contribution is 5.21. The Hall–Kier alpha value is -0.760. The molecule has 2 heteroatoms. The predicted octanol–water partition coefficient (Wildman–Crippen LogP) is 3.62. The van der Waals surface area contributed by atoms with Gasteiger partial charge >= 0.3 is 0 Å². The lowest BCUT2D eigenvalue weighted by molar-refractivity contribution is -0.0971. The third-order valence-electron chi connectivity index (χ3n) is 7.78. The van der Waals surface area contributed by atoms with E-state index < -0.39 is 0 Å². The van der Waals surface area contributed by atoms with Gasteiger partial charge in [-0.3, -0.25) is 0 Å². The van der Waals surface area contributed by atoms with E-state index in [4.69, 9.17) is 5.73 Å². The van der Waals surface area contributed by atoms with E-state index in [1.807, 2.05) is 0 Å². The van der Waals surface area contributed by atoms with Gasteiger partial charge in [0.25, 0.3) is 0 Å². The van der Waals surface area contributed by atoms with Gasteiger partial charge in [-0.05, 0) is 67.6 Å². The topological polar surface area (TPSA) is 46.2 Å². The van der Waals surface area contributed by atoms with Crippen molar-refractivity contribution in [2.45, 2.75) is 58.5 Å². The Morgan fingerprint density at radius 1 is 1.10 bits per heavy atom. The second-order valence-electron chi connectivity index (χ2n) is 8.60. The van der Waals surface area contributed by atoms with E-state index in [0.29, 0.717) is 17.3 Å². The number of aliphatic hydroxyl groups excluding tert-OH is 1. The SMILES string of the molecule is C[C@]12CC[C@H]3[C@@H](CCC4C=C(N)CC[C@@]43C)[C@@H]1C=C[C@@H]2O. The van der Waals surface area contributed by atoms with Crippen molar-refractivity contribution in [3.8, 4) is 0 Å². The molecule has 21 heavy (non-hydrogen) atoms. The van der Waals surface area contributed by atoms with Gasteiger partial charge in [-0.25, -0.2) is 0 Å². The predicted molar refractivity (Wildman–Crippen MR) is 85.3 cm³/mol. The first kappa shape index (κ1) is 13.9. The Balaban J connectivity index is 1.67. The first-order valence-corrected chi connectivity index (χ1v) is 8.78. The summed E-state index contributed by atoms with van der Waals surface area (Å²) in [5.41, 5.74) is 7.77. The normalized spacial score (nSPS) is 55.4. The van der Waals surface area contributed by atoms with Crippen LogP contribution in [0, 0.1) is 34.5 Å². The largest absolute Gasteiger partial charge is 0.402 e. The molecule has 7 atom stereocenters. The van der Waals surface area contributed by atoms with E-state index >= 15 is 0 Å². The molecule has 1 unspecified atom stereocenters. The van der Waals surface area contributed by atoms with Gasteiger partial charge in [-0.1, -0.05) is 32.1 Å². The molecule has 4 aliphatic carbocycles. The summed E-state index contributed by atoms with van der Waals surface area (Å²) in [6.45, 7) is 4.83. The molecule has 2 saturated carbocycles. The number of hydrogen-bond donors (Lipinski definition) is 2. The molecular weight excluding hydrogens is 258 g/mol. The number of nitrogens with two attached hydrogens (primary N) is 1. The van der Waals surface area contributed by atoms with Crippen molar-refractivity contribution in [1.82, 2.24) is 0 Å². The first-order valence-electron chi connectivity index (χ1n) is 8.78. The van der Waals surface area contributed by atoms with Crippen molar-refractivity contribution < 1.29 is 5.11 Å². The van der Waals surface area contributed by atoms with Crippen LogP contribution in [-0.2, 0) is 0 Å². The standard InChI is InChI=1S/C19H29NO/c1-18-9-7-13(20)11-12(18)3-4-14-15-5-6-17(21)19(15,2)10-8-16(14)18/h5-6,11-12,14-17,21H,3-4,7-10,20H2,1-2H3/t12?,14-,15-,16-,17-,18-,19-/m0/s1. The first-order chi connectivity index (χ1) is 9.95. The number of rotatable bonds is 0. The van der Waals surface area contributed by atoms with Crippen LogP contribution in [0.5, 0.6) is 0 Å². The molecule has 0 aromatic rings. The molecule has 0 spiro atoms. The van der Waals surface area contributed by atoms with E-state index in [1.54, 1.807) is 0 Å². The Morgan fingerprint density at radius 3 is 2.71 bits per heavy atom. The van der Waals surface area contributed by atoms with Crippen LogP contribution >= 0.6 is 0 Å². The monoisotopic (exact) mass is 287 g/mol. The van der Waals surface area contributed by atoms with Crippen molar-refractivity contribution in [2.24, 2.45) is 40.2 Å². The van der Waals surface area contributed by atoms with Crippen molar-refractivity contribution in [3.63, 3.8) is 0 Å². The van der Waals surface area contributed by atoms with Gasteiger partial charge in [-0.2, -0.15) is 0 Å². The van der Waals surface area contributed by atoms with Crippen LogP contribution in [0.3, 0.4) is 0 Å². The minimum Gasteiger partial charge on any atom is -0.402 e. The fraction of sp³-hybridized carbons (Fsp3) is 0.789. The lowest BCUT2D eigenvalue weighted by atomic mass is 9.46.